The highest BCUT2D eigenvalue weighted by Crippen LogP contribution is 2.27. The van der Waals surface area contributed by atoms with Crippen molar-refractivity contribution in [2.75, 3.05) is 5.73 Å². The number of benzene rings is 1. The van der Waals surface area contributed by atoms with Gasteiger partial charge in [0.05, 0.1) is 5.69 Å². The van der Waals surface area contributed by atoms with Gasteiger partial charge in [-0.3, -0.25) is 4.79 Å². The Labute approximate surface area is 115 Å². The largest absolute Gasteiger partial charge is 0.399 e. The third kappa shape index (κ3) is 2.08. The van der Waals surface area contributed by atoms with Gasteiger partial charge in [-0.2, -0.15) is 0 Å². The van der Waals surface area contributed by atoms with Gasteiger partial charge in [0.2, 0.25) is 0 Å². The van der Waals surface area contributed by atoms with Crippen LogP contribution in [-0.2, 0) is 19.5 Å². The fraction of sp³-hybridized carbons (Fsp3) is 0.308. The van der Waals surface area contributed by atoms with E-state index in [2.05, 4.69) is 9.59 Å². The van der Waals surface area contributed by atoms with E-state index < -0.39 is 0 Å². The van der Waals surface area contributed by atoms with E-state index >= 15 is 0 Å². The number of nitrogen functional groups attached to an aromatic ring is 1. The Kier molecular flexibility index (Phi) is 2.94. The van der Waals surface area contributed by atoms with Crippen LogP contribution >= 0.6 is 11.5 Å². The van der Waals surface area contributed by atoms with Crippen molar-refractivity contribution < 1.29 is 4.79 Å². The second-order valence-corrected chi connectivity index (χ2v) is 5.35. The summed E-state index contributed by atoms with van der Waals surface area (Å²) in [5.41, 5.74) is 9.59. The standard InChI is InChI=1S/C13H14N4OS/c1-2-11-12(19-16-15-11)13(18)17-6-8-3-4-10(14)5-9(8)7-17/h3-5H,2,6-7,14H2,1H3. The minimum atomic E-state index is 0.0154. The van der Waals surface area contributed by atoms with E-state index in [0.29, 0.717) is 18.0 Å². The fourth-order valence-corrected chi connectivity index (χ4v) is 3.02. The summed E-state index contributed by atoms with van der Waals surface area (Å²) in [6.07, 6.45) is 0.727. The van der Waals surface area contributed by atoms with Gasteiger partial charge in [-0.15, -0.1) is 5.10 Å². The molecule has 0 saturated carbocycles. The summed E-state index contributed by atoms with van der Waals surface area (Å²) in [5.74, 6) is 0.0154. The van der Waals surface area contributed by atoms with Gasteiger partial charge in [0.25, 0.3) is 5.91 Å². The highest BCUT2D eigenvalue weighted by atomic mass is 32.1. The van der Waals surface area contributed by atoms with Gasteiger partial charge < -0.3 is 10.6 Å². The zero-order chi connectivity index (χ0) is 13.4. The number of carbonyl (C=O) groups is 1. The van der Waals surface area contributed by atoms with Crippen LogP contribution in [-0.4, -0.2) is 20.4 Å². The summed E-state index contributed by atoms with van der Waals surface area (Å²) >= 11 is 1.17. The van der Waals surface area contributed by atoms with Gasteiger partial charge in [-0.05, 0) is 41.2 Å². The first-order valence-corrected chi connectivity index (χ1v) is 6.94. The number of anilines is 1. The van der Waals surface area contributed by atoms with Crippen LogP contribution in [0.15, 0.2) is 18.2 Å². The first-order valence-electron chi connectivity index (χ1n) is 6.16. The Morgan fingerprint density at radius 1 is 1.42 bits per heavy atom. The van der Waals surface area contributed by atoms with Crippen molar-refractivity contribution in [1.82, 2.24) is 14.5 Å². The van der Waals surface area contributed by atoms with Crippen LogP contribution in [0.2, 0.25) is 0 Å². The third-order valence-corrected chi connectivity index (χ3v) is 4.08. The quantitative estimate of drug-likeness (QED) is 0.848. The first kappa shape index (κ1) is 12.1. The van der Waals surface area contributed by atoms with Gasteiger partial charge in [0.1, 0.15) is 4.88 Å². The summed E-state index contributed by atoms with van der Waals surface area (Å²) < 4.78 is 3.87. The average Bonchev–Trinajstić information content (AvgIpc) is 3.03. The molecule has 0 radical (unpaired) electrons. The Morgan fingerprint density at radius 3 is 3.00 bits per heavy atom. The van der Waals surface area contributed by atoms with E-state index in [4.69, 9.17) is 5.73 Å². The minimum Gasteiger partial charge on any atom is -0.399 e. The molecule has 0 fully saturated rings. The van der Waals surface area contributed by atoms with E-state index in [9.17, 15) is 4.79 Å². The van der Waals surface area contributed by atoms with E-state index in [0.717, 1.165) is 28.9 Å². The Hall–Kier alpha value is -1.95. The number of amides is 1. The van der Waals surface area contributed by atoms with Crippen molar-refractivity contribution in [3.8, 4) is 0 Å². The molecule has 0 bridgehead atoms. The lowest BCUT2D eigenvalue weighted by atomic mass is 10.1. The lowest BCUT2D eigenvalue weighted by Crippen LogP contribution is -2.25. The average molecular weight is 274 g/mol. The zero-order valence-electron chi connectivity index (χ0n) is 10.6. The summed E-state index contributed by atoms with van der Waals surface area (Å²) in [6.45, 7) is 3.22. The van der Waals surface area contributed by atoms with Crippen LogP contribution in [0.1, 0.15) is 33.4 Å². The lowest BCUT2D eigenvalue weighted by molar-refractivity contribution is 0.0755. The SMILES string of the molecule is CCc1nnsc1C(=O)N1Cc2ccc(N)cc2C1. The third-order valence-electron chi connectivity index (χ3n) is 3.32. The Morgan fingerprint density at radius 2 is 2.21 bits per heavy atom. The summed E-state index contributed by atoms with van der Waals surface area (Å²) in [7, 11) is 0. The molecule has 0 aliphatic carbocycles. The van der Waals surface area contributed by atoms with Crippen LogP contribution in [0.4, 0.5) is 5.69 Å². The maximum absolute atomic E-state index is 12.5. The van der Waals surface area contributed by atoms with Crippen LogP contribution < -0.4 is 5.73 Å². The second kappa shape index (κ2) is 4.62. The van der Waals surface area contributed by atoms with Crippen LogP contribution in [0.3, 0.4) is 0 Å². The number of fused-ring (bicyclic) bond motifs is 1. The number of hydrogen-bond donors (Lipinski definition) is 1. The van der Waals surface area contributed by atoms with E-state index in [1.807, 2.05) is 30.0 Å². The molecule has 2 N–H and O–H groups in total. The fourth-order valence-electron chi connectivity index (χ4n) is 2.30. The molecule has 0 atom stereocenters. The molecule has 3 rings (SSSR count). The number of aryl methyl sites for hydroxylation is 1. The highest BCUT2D eigenvalue weighted by molar-refractivity contribution is 7.08. The van der Waals surface area contributed by atoms with Crippen molar-refractivity contribution in [2.24, 2.45) is 0 Å². The molecule has 1 aliphatic rings. The summed E-state index contributed by atoms with van der Waals surface area (Å²) in [5, 5.41) is 3.99. The maximum Gasteiger partial charge on any atom is 0.268 e. The molecule has 1 amide bonds. The Balaban J connectivity index is 1.85. The van der Waals surface area contributed by atoms with Crippen molar-refractivity contribution in [3.63, 3.8) is 0 Å². The molecule has 5 nitrogen and oxygen atoms in total. The molecular formula is C13H14N4OS. The van der Waals surface area contributed by atoms with E-state index in [1.165, 1.54) is 11.5 Å². The van der Waals surface area contributed by atoms with Crippen molar-refractivity contribution in [1.29, 1.82) is 0 Å². The maximum atomic E-state index is 12.5. The van der Waals surface area contributed by atoms with Gasteiger partial charge in [0, 0.05) is 18.8 Å². The molecule has 19 heavy (non-hydrogen) atoms. The summed E-state index contributed by atoms with van der Waals surface area (Å²) in [4.78, 5) is 14.9. The van der Waals surface area contributed by atoms with E-state index in [1.54, 1.807) is 0 Å². The van der Waals surface area contributed by atoms with Gasteiger partial charge in [0.15, 0.2) is 0 Å². The smallest absolute Gasteiger partial charge is 0.268 e. The van der Waals surface area contributed by atoms with Gasteiger partial charge in [-0.25, -0.2) is 0 Å². The molecule has 2 aromatic rings. The zero-order valence-corrected chi connectivity index (χ0v) is 11.4. The van der Waals surface area contributed by atoms with E-state index in [-0.39, 0.29) is 5.91 Å². The van der Waals surface area contributed by atoms with Gasteiger partial charge in [-0.1, -0.05) is 17.5 Å². The Bertz CT molecular complexity index is 637. The number of rotatable bonds is 2. The monoisotopic (exact) mass is 274 g/mol. The molecule has 6 heteroatoms. The molecule has 1 aromatic heterocycles. The lowest BCUT2D eigenvalue weighted by Gasteiger charge is -2.14. The number of hydrogen-bond acceptors (Lipinski definition) is 5. The van der Waals surface area contributed by atoms with Crippen LogP contribution in [0, 0.1) is 0 Å². The molecule has 0 saturated heterocycles. The minimum absolute atomic E-state index is 0.0154. The first-order chi connectivity index (χ1) is 9.19. The molecule has 0 unspecified atom stereocenters. The molecule has 0 spiro atoms. The number of nitrogens with two attached hydrogens (primary N) is 1. The van der Waals surface area contributed by atoms with Crippen LogP contribution in [0.25, 0.3) is 0 Å². The predicted octanol–water partition coefficient (Wildman–Crippen LogP) is 1.84. The normalized spacial score (nSPS) is 13.6. The predicted molar refractivity (Wildman–Crippen MR) is 73.7 cm³/mol. The molecular weight excluding hydrogens is 260 g/mol. The van der Waals surface area contributed by atoms with Crippen molar-refractivity contribution >= 4 is 23.1 Å². The number of carbonyl (C=O) groups excluding carboxylic acids is 1. The molecule has 1 aromatic carbocycles. The van der Waals surface area contributed by atoms with Crippen LogP contribution in [0.5, 0.6) is 0 Å². The molecule has 1 aliphatic heterocycles. The number of aromatic nitrogens is 2. The van der Waals surface area contributed by atoms with Crippen molar-refractivity contribution in [3.05, 3.63) is 39.9 Å². The number of nitrogens with zero attached hydrogens (tertiary/aromatic N) is 3. The molecule has 2 heterocycles. The summed E-state index contributed by atoms with van der Waals surface area (Å²) in [6, 6.07) is 5.80. The topological polar surface area (TPSA) is 72.1 Å². The van der Waals surface area contributed by atoms with Gasteiger partial charge >= 0.3 is 0 Å². The van der Waals surface area contributed by atoms with Crippen molar-refractivity contribution in [2.45, 2.75) is 26.4 Å². The highest BCUT2D eigenvalue weighted by Gasteiger charge is 2.27. The second-order valence-electron chi connectivity index (χ2n) is 4.59. The molecule has 98 valence electrons.